The van der Waals surface area contributed by atoms with Gasteiger partial charge in [-0.3, -0.25) is 9.59 Å². The van der Waals surface area contributed by atoms with Gasteiger partial charge in [-0.1, -0.05) is 54.1 Å². The molecule has 0 spiro atoms. The summed E-state index contributed by atoms with van der Waals surface area (Å²) >= 11 is 8.22. The van der Waals surface area contributed by atoms with Gasteiger partial charge in [0, 0.05) is 27.3 Å². The van der Waals surface area contributed by atoms with Crippen molar-refractivity contribution in [3.63, 3.8) is 0 Å². The third-order valence-electron chi connectivity index (χ3n) is 8.01. The average Bonchev–Trinajstić information content (AvgIpc) is 3.46. The predicted molar refractivity (Wildman–Crippen MR) is 161 cm³/mol. The molecule has 2 aliphatic rings. The van der Waals surface area contributed by atoms with Gasteiger partial charge in [0.25, 0.3) is 0 Å². The zero-order valence-corrected chi connectivity index (χ0v) is 25.1. The van der Waals surface area contributed by atoms with Crippen LogP contribution in [0.5, 0.6) is 0 Å². The summed E-state index contributed by atoms with van der Waals surface area (Å²) in [6.45, 7) is -0.587. The minimum atomic E-state index is -1.59. The number of fused-ring (bicyclic) bond motifs is 1. The van der Waals surface area contributed by atoms with Crippen LogP contribution >= 0.6 is 22.9 Å². The first-order chi connectivity index (χ1) is 20.6. The first kappa shape index (κ1) is 33.7. The number of rotatable bonds is 14. The monoisotopic (exact) mass is 638 g/mol. The highest BCUT2D eigenvalue weighted by atomic mass is 35.5. The van der Waals surface area contributed by atoms with E-state index in [0.717, 1.165) is 15.0 Å². The highest BCUT2D eigenvalue weighted by Crippen LogP contribution is 2.37. The van der Waals surface area contributed by atoms with Gasteiger partial charge in [-0.25, -0.2) is 0 Å². The van der Waals surface area contributed by atoms with Crippen LogP contribution in [0.25, 0.3) is 10.1 Å². The Morgan fingerprint density at radius 2 is 1.91 bits per heavy atom. The van der Waals surface area contributed by atoms with E-state index in [2.05, 4.69) is 0 Å². The molecule has 6 N–H and O–H groups in total. The summed E-state index contributed by atoms with van der Waals surface area (Å²) < 4.78 is 12.7. The van der Waals surface area contributed by atoms with Gasteiger partial charge >= 0.3 is 5.97 Å². The maximum Gasteiger partial charge on any atom is 0.303 e. The van der Waals surface area contributed by atoms with E-state index in [1.54, 1.807) is 17.4 Å². The molecule has 3 unspecified atom stereocenters. The van der Waals surface area contributed by atoms with E-state index in [1.165, 1.54) is 0 Å². The number of carbonyl (C=O) groups excluding carboxylic acids is 1. The van der Waals surface area contributed by atoms with Crippen molar-refractivity contribution in [3.05, 3.63) is 58.5 Å². The fraction of sp³-hybridized carbons (Fsp3) is 0.548. The number of thiophene rings is 1. The number of hydrogen-bond donors (Lipinski definition) is 6. The van der Waals surface area contributed by atoms with Gasteiger partial charge in [0.05, 0.1) is 17.7 Å². The van der Waals surface area contributed by atoms with Crippen LogP contribution in [0.15, 0.2) is 48.6 Å². The molecule has 43 heavy (non-hydrogen) atoms. The van der Waals surface area contributed by atoms with Gasteiger partial charge in [-0.15, -0.1) is 11.3 Å². The molecule has 0 bridgehead atoms. The lowest BCUT2D eigenvalue weighted by molar-refractivity contribution is -0.307. The Hall–Kier alpha value is -2.19. The van der Waals surface area contributed by atoms with Crippen molar-refractivity contribution in [2.75, 3.05) is 6.61 Å². The molecular weight excluding hydrogens is 600 g/mol. The number of carbonyl (C=O) groups is 2. The number of allylic oxidation sites excluding steroid dienone is 3. The molecule has 2 fully saturated rings. The number of aliphatic hydroxyl groups excluding tert-OH is 5. The van der Waals surface area contributed by atoms with E-state index in [-0.39, 0.29) is 24.5 Å². The number of hydrogen-bond acceptors (Lipinski definition) is 10. The van der Waals surface area contributed by atoms with Gasteiger partial charge < -0.3 is 40.1 Å². The number of carboxylic acids is 1. The van der Waals surface area contributed by atoms with Crippen LogP contribution in [-0.2, 0) is 25.5 Å². The lowest BCUT2D eigenvalue weighted by Gasteiger charge is -2.40. The number of unbranched alkanes of at least 4 members (excludes halogenated alkanes) is 1. The van der Waals surface area contributed by atoms with Gasteiger partial charge in [0.2, 0.25) is 0 Å². The van der Waals surface area contributed by atoms with Gasteiger partial charge in [-0.05, 0) is 50.5 Å². The topological polar surface area (TPSA) is 174 Å². The highest BCUT2D eigenvalue weighted by Gasteiger charge is 2.45. The van der Waals surface area contributed by atoms with E-state index in [9.17, 15) is 35.1 Å². The summed E-state index contributed by atoms with van der Waals surface area (Å²) in [5, 5.41) is 61.3. The lowest BCUT2D eigenvalue weighted by atomic mass is 9.91. The zero-order chi connectivity index (χ0) is 31.1. The molecule has 0 amide bonds. The van der Waals surface area contributed by atoms with E-state index in [0.29, 0.717) is 37.1 Å². The summed E-state index contributed by atoms with van der Waals surface area (Å²) in [7, 11) is 0. The molecule has 10 nitrogen and oxygen atoms in total. The molecule has 1 aromatic heterocycles. The van der Waals surface area contributed by atoms with Crippen LogP contribution in [0.1, 0.15) is 43.4 Å². The largest absolute Gasteiger partial charge is 0.481 e. The highest BCUT2D eigenvalue weighted by molar-refractivity contribution is 7.19. The van der Waals surface area contributed by atoms with Crippen LogP contribution < -0.4 is 0 Å². The average molecular weight is 639 g/mol. The van der Waals surface area contributed by atoms with Crippen LogP contribution in [0.3, 0.4) is 0 Å². The molecule has 2 aromatic rings. The van der Waals surface area contributed by atoms with Crippen LogP contribution in [0.2, 0.25) is 5.02 Å². The first-order valence-corrected chi connectivity index (χ1v) is 15.7. The fourth-order valence-corrected chi connectivity index (χ4v) is 7.10. The van der Waals surface area contributed by atoms with Crippen molar-refractivity contribution >= 4 is 44.8 Å². The molecule has 1 aromatic carbocycles. The molecule has 1 aliphatic heterocycles. The molecule has 1 aliphatic carbocycles. The molecule has 9 atom stereocenters. The maximum absolute atomic E-state index is 12.7. The quantitative estimate of drug-likeness (QED) is 0.133. The summed E-state index contributed by atoms with van der Waals surface area (Å²) in [6.07, 6.45) is 1.02. The van der Waals surface area contributed by atoms with Crippen molar-refractivity contribution < 1.29 is 49.7 Å². The SMILES string of the molecule is O=C(O)CCC/C=C\C[C@H]1C(=O)C(O)C[C@@H]1/C=C/C(CCc1sc2ccccc2c1Cl)OC1O[C@H](CO)[C@@H](O)[C@H](O)[C@H]1O. The number of aliphatic hydroxyl groups is 5. The van der Waals surface area contributed by atoms with E-state index < -0.39 is 61.4 Å². The smallest absolute Gasteiger partial charge is 0.303 e. The van der Waals surface area contributed by atoms with E-state index in [4.69, 9.17) is 26.2 Å². The number of ketones is 1. The minimum Gasteiger partial charge on any atom is -0.481 e. The predicted octanol–water partition coefficient (Wildman–Crippen LogP) is 3.00. The maximum atomic E-state index is 12.7. The standard InChI is InChI=1S/C31H39ClO10S/c32-26-20-8-5-6-9-23(20)43-24(26)14-13-18(41-31-30(40)29(39)28(38)22(16-33)42-31)12-11-17-15-21(34)27(37)19(17)7-3-1-2-4-10-25(35)36/h1,3,5-6,8-9,11-12,17-19,21-22,28-31,33-34,38-40H,2,4,7,10,13-16H2,(H,35,36)/b3-1-,12-11+/t17-,18?,19+,21?,22+,28+,29-,30+,31?/m0/s1. The second-order valence-corrected chi connectivity index (χ2v) is 12.6. The van der Waals surface area contributed by atoms with Crippen LogP contribution in [-0.4, -0.2) is 91.9 Å². The normalized spacial score (nSPS) is 30.6. The lowest BCUT2D eigenvalue weighted by Crippen LogP contribution is -2.59. The molecule has 12 heteroatoms. The number of benzene rings is 1. The molecule has 0 radical (unpaired) electrons. The second kappa shape index (κ2) is 15.7. The first-order valence-electron chi connectivity index (χ1n) is 14.5. The Morgan fingerprint density at radius 3 is 2.63 bits per heavy atom. The third-order valence-corrected chi connectivity index (χ3v) is 9.79. The Kier molecular flexibility index (Phi) is 12.3. The third kappa shape index (κ3) is 8.50. The van der Waals surface area contributed by atoms with Crippen molar-refractivity contribution in [3.8, 4) is 0 Å². The van der Waals surface area contributed by atoms with Gasteiger partial charge in [0.15, 0.2) is 12.1 Å². The van der Waals surface area contributed by atoms with Crippen LogP contribution in [0, 0.1) is 11.8 Å². The van der Waals surface area contributed by atoms with Crippen LogP contribution in [0.4, 0.5) is 0 Å². The summed E-state index contributed by atoms with van der Waals surface area (Å²) in [5.41, 5.74) is 0. The van der Waals surface area contributed by atoms with Crippen molar-refractivity contribution in [1.29, 1.82) is 0 Å². The summed E-state index contributed by atoms with van der Waals surface area (Å²) in [5.74, 6) is -1.87. The number of Topliss-reactive ketones (excluding diaryl/α,β-unsaturated/α-hetero) is 1. The summed E-state index contributed by atoms with van der Waals surface area (Å²) in [6, 6.07) is 7.78. The molecular formula is C31H39ClO10S. The number of aliphatic carboxylic acids is 1. The van der Waals surface area contributed by atoms with Crippen molar-refractivity contribution in [2.45, 2.75) is 87.9 Å². The molecule has 1 saturated carbocycles. The molecule has 236 valence electrons. The summed E-state index contributed by atoms with van der Waals surface area (Å²) in [4.78, 5) is 24.4. The minimum absolute atomic E-state index is 0.0688. The molecule has 1 saturated heterocycles. The fourth-order valence-electron chi connectivity index (χ4n) is 5.56. The van der Waals surface area contributed by atoms with Crippen molar-refractivity contribution in [1.82, 2.24) is 0 Å². The second-order valence-electron chi connectivity index (χ2n) is 11.0. The van der Waals surface area contributed by atoms with E-state index in [1.807, 2.05) is 42.5 Å². The van der Waals surface area contributed by atoms with E-state index >= 15 is 0 Å². The molecule has 2 heterocycles. The Bertz CT molecular complexity index is 1290. The Morgan fingerprint density at radius 1 is 1.14 bits per heavy atom. The molecule has 4 rings (SSSR count). The number of carboxylic acid groups (broad SMARTS) is 1. The van der Waals surface area contributed by atoms with Gasteiger partial charge in [-0.2, -0.15) is 0 Å². The Labute approximate surface area is 258 Å². The number of ether oxygens (including phenoxy) is 2. The Balaban J connectivity index is 1.49. The zero-order valence-electron chi connectivity index (χ0n) is 23.6. The number of aryl methyl sites for hydroxylation is 1. The number of halogens is 1. The van der Waals surface area contributed by atoms with Crippen molar-refractivity contribution in [2.24, 2.45) is 11.8 Å². The van der Waals surface area contributed by atoms with Gasteiger partial charge in [0.1, 0.15) is 30.5 Å².